The van der Waals surface area contributed by atoms with E-state index in [-0.39, 0.29) is 16.3 Å². The molecule has 1 amide bonds. The van der Waals surface area contributed by atoms with E-state index in [1.165, 1.54) is 23.5 Å². The van der Waals surface area contributed by atoms with Gasteiger partial charge in [-0.1, -0.05) is 35.1 Å². The van der Waals surface area contributed by atoms with Crippen molar-refractivity contribution >= 4 is 50.6 Å². The van der Waals surface area contributed by atoms with Crippen LogP contribution in [0.25, 0.3) is 20.9 Å². The quantitative estimate of drug-likeness (QED) is 0.369. The van der Waals surface area contributed by atoms with Crippen LogP contribution in [0.4, 0.5) is 11.4 Å². The van der Waals surface area contributed by atoms with Crippen molar-refractivity contribution in [2.45, 2.75) is 0 Å². The maximum absolute atomic E-state index is 12.5. The molecule has 0 aliphatic rings. The third-order valence-electron chi connectivity index (χ3n) is 3.94. The Kier molecular flexibility index (Phi) is 4.72. The fourth-order valence-corrected chi connectivity index (χ4v) is 3.71. The van der Waals surface area contributed by atoms with Crippen LogP contribution in [0, 0.1) is 10.1 Å². The van der Waals surface area contributed by atoms with Crippen molar-refractivity contribution in [2.24, 2.45) is 0 Å². The van der Waals surface area contributed by atoms with Gasteiger partial charge in [-0.25, -0.2) is 9.97 Å². The minimum Gasteiger partial charge on any atom is -0.322 e. The number of carbonyl (C=O) groups is 1. The number of hydrogen-bond donors (Lipinski definition) is 1. The summed E-state index contributed by atoms with van der Waals surface area (Å²) in [6, 6.07) is 14.9. The number of pyridine rings is 1. The van der Waals surface area contributed by atoms with Crippen molar-refractivity contribution in [3.05, 3.63) is 81.5 Å². The Morgan fingerprint density at radius 2 is 2.00 bits per heavy atom. The molecule has 0 aliphatic carbocycles. The number of nitrogens with one attached hydrogen (secondary N) is 1. The summed E-state index contributed by atoms with van der Waals surface area (Å²) in [5.41, 5.74) is 2.02. The van der Waals surface area contributed by atoms with Crippen molar-refractivity contribution in [1.29, 1.82) is 0 Å². The van der Waals surface area contributed by atoms with Gasteiger partial charge in [0.15, 0.2) is 0 Å². The number of hydrogen-bond acceptors (Lipinski definition) is 6. The number of nitrogens with zero attached hydrogens (tertiary/aromatic N) is 3. The molecule has 2 heterocycles. The van der Waals surface area contributed by atoms with E-state index in [1.807, 2.05) is 18.2 Å². The molecule has 0 radical (unpaired) electrons. The number of nitro groups is 1. The van der Waals surface area contributed by atoms with Gasteiger partial charge in [0, 0.05) is 29.1 Å². The van der Waals surface area contributed by atoms with E-state index in [9.17, 15) is 14.9 Å². The van der Waals surface area contributed by atoms with Crippen molar-refractivity contribution in [2.75, 3.05) is 5.32 Å². The van der Waals surface area contributed by atoms with Crippen LogP contribution in [0.3, 0.4) is 0 Å². The molecule has 0 unspecified atom stereocenters. The average Bonchev–Trinajstić information content (AvgIpc) is 3.12. The van der Waals surface area contributed by atoms with Crippen LogP contribution in [-0.2, 0) is 0 Å². The van der Waals surface area contributed by atoms with Crippen molar-refractivity contribution in [1.82, 2.24) is 9.97 Å². The molecular weight excluding hydrogens is 400 g/mol. The molecule has 1 N–H and O–H groups in total. The highest BCUT2D eigenvalue weighted by atomic mass is 35.5. The first-order chi connectivity index (χ1) is 13.5. The first kappa shape index (κ1) is 18.0. The minimum absolute atomic E-state index is 0.0204. The lowest BCUT2D eigenvalue weighted by atomic mass is 10.1. The van der Waals surface area contributed by atoms with Gasteiger partial charge in [0.2, 0.25) is 0 Å². The van der Waals surface area contributed by atoms with Gasteiger partial charge in [-0.15, -0.1) is 0 Å². The second kappa shape index (κ2) is 7.34. The minimum atomic E-state index is -0.624. The molecule has 7 nitrogen and oxygen atoms in total. The highest BCUT2D eigenvalue weighted by molar-refractivity contribution is 7.21. The number of fused-ring (bicyclic) bond motifs is 1. The molecule has 2 aromatic heterocycles. The maximum Gasteiger partial charge on any atom is 0.288 e. The van der Waals surface area contributed by atoms with Gasteiger partial charge in [0.1, 0.15) is 20.4 Å². The average molecular weight is 411 g/mol. The van der Waals surface area contributed by atoms with E-state index in [4.69, 9.17) is 11.6 Å². The summed E-state index contributed by atoms with van der Waals surface area (Å²) in [4.78, 5) is 32.6. The largest absolute Gasteiger partial charge is 0.322 e. The molecule has 0 fully saturated rings. The number of amides is 1. The molecule has 0 saturated heterocycles. The Hall–Kier alpha value is -3.36. The van der Waals surface area contributed by atoms with Gasteiger partial charge in [-0.2, -0.15) is 0 Å². The monoisotopic (exact) mass is 410 g/mol. The molecule has 2 aromatic carbocycles. The Bertz CT molecular complexity index is 1190. The fraction of sp³-hybridized carbons (Fsp3) is 0. The van der Waals surface area contributed by atoms with E-state index in [1.54, 1.807) is 24.4 Å². The Labute approximate surface area is 167 Å². The summed E-state index contributed by atoms with van der Waals surface area (Å²) in [6.45, 7) is 0. The number of nitro benzene ring substituents is 1. The number of carbonyl (C=O) groups excluding carboxylic acids is 1. The maximum atomic E-state index is 12.5. The summed E-state index contributed by atoms with van der Waals surface area (Å²) in [7, 11) is 0. The summed E-state index contributed by atoms with van der Waals surface area (Å²) >= 11 is 7.25. The Morgan fingerprint density at radius 3 is 2.79 bits per heavy atom. The van der Waals surface area contributed by atoms with Crippen molar-refractivity contribution in [3.8, 4) is 10.6 Å². The predicted octanol–water partition coefficient (Wildman–Crippen LogP) is 5.17. The van der Waals surface area contributed by atoms with Crippen LogP contribution in [0.15, 0.2) is 60.8 Å². The van der Waals surface area contributed by atoms with Crippen molar-refractivity contribution in [3.63, 3.8) is 0 Å². The summed E-state index contributed by atoms with van der Waals surface area (Å²) < 4.78 is 0. The van der Waals surface area contributed by atoms with Crippen LogP contribution in [0.2, 0.25) is 5.02 Å². The first-order valence-corrected chi connectivity index (χ1v) is 9.28. The summed E-state index contributed by atoms with van der Waals surface area (Å²) in [5, 5.41) is 14.5. The van der Waals surface area contributed by atoms with Gasteiger partial charge in [-0.3, -0.25) is 14.9 Å². The molecule has 0 atom stereocenters. The first-order valence-electron chi connectivity index (χ1n) is 8.08. The number of thiazole rings is 1. The van der Waals surface area contributed by atoms with Crippen LogP contribution in [-0.4, -0.2) is 20.8 Å². The molecule has 138 valence electrons. The molecule has 0 spiro atoms. The second-order valence-electron chi connectivity index (χ2n) is 5.80. The normalized spacial score (nSPS) is 10.8. The van der Waals surface area contributed by atoms with E-state index in [0.717, 1.165) is 27.0 Å². The molecule has 0 saturated carbocycles. The van der Waals surface area contributed by atoms with E-state index < -0.39 is 10.8 Å². The van der Waals surface area contributed by atoms with Gasteiger partial charge >= 0.3 is 0 Å². The fourth-order valence-electron chi connectivity index (χ4n) is 2.62. The number of anilines is 1. The second-order valence-corrected chi connectivity index (χ2v) is 7.19. The van der Waals surface area contributed by atoms with Gasteiger partial charge in [0.25, 0.3) is 11.6 Å². The van der Waals surface area contributed by atoms with E-state index in [2.05, 4.69) is 15.3 Å². The summed E-state index contributed by atoms with van der Waals surface area (Å²) in [6.07, 6.45) is 1.71. The zero-order valence-electron chi connectivity index (χ0n) is 14.1. The lowest BCUT2D eigenvalue weighted by Crippen LogP contribution is -2.12. The van der Waals surface area contributed by atoms with E-state index >= 15 is 0 Å². The molecule has 4 rings (SSSR count). The van der Waals surface area contributed by atoms with Gasteiger partial charge in [-0.05, 0) is 36.4 Å². The lowest BCUT2D eigenvalue weighted by molar-refractivity contribution is -0.384. The third-order valence-corrected chi connectivity index (χ3v) is 5.29. The van der Waals surface area contributed by atoms with Crippen LogP contribution >= 0.6 is 22.9 Å². The molecule has 0 bridgehead atoms. The molecule has 28 heavy (non-hydrogen) atoms. The molecule has 4 aromatic rings. The standard InChI is InChI=1S/C19H11ClN4O3S/c20-14-7-6-11(10-16(14)24(26)27)17(25)22-13-4-1-3-12(9-13)18-23-15-5-2-8-21-19(15)28-18/h1-10H,(H,22,25). The van der Waals surface area contributed by atoms with Crippen molar-refractivity contribution < 1.29 is 9.72 Å². The predicted molar refractivity (Wildman–Crippen MR) is 109 cm³/mol. The topological polar surface area (TPSA) is 98.0 Å². The highest BCUT2D eigenvalue weighted by Crippen LogP contribution is 2.30. The molecule has 0 aliphatic heterocycles. The van der Waals surface area contributed by atoms with Crippen LogP contribution in [0.5, 0.6) is 0 Å². The summed E-state index contributed by atoms with van der Waals surface area (Å²) in [5.74, 6) is -0.470. The number of rotatable bonds is 4. The zero-order chi connectivity index (χ0) is 19.7. The smallest absolute Gasteiger partial charge is 0.288 e. The highest BCUT2D eigenvalue weighted by Gasteiger charge is 2.16. The number of benzene rings is 2. The lowest BCUT2D eigenvalue weighted by Gasteiger charge is -2.07. The number of halogens is 1. The Balaban J connectivity index is 1.60. The van der Waals surface area contributed by atoms with Crippen LogP contribution < -0.4 is 5.32 Å². The van der Waals surface area contributed by atoms with Gasteiger partial charge < -0.3 is 5.32 Å². The van der Waals surface area contributed by atoms with Crippen LogP contribution in [0.1, 0.15) is 10.4 Å². The SMILES string of the molecule is O=C(Nc1cccc(-c2nc3cccnc3s2)c1)c1ccc(Cl)c([N+](=O)[O-])c1. The van der Waals surface area contributed by atoms with E-state index in [0.29, 0.717) is 5.69 Å². The third kappa shape index (κ3) is 3.55. The number of aromatic nitrogens is 2. The Morgan fingerprint density at radius 1 is 1.14 bits per heavy atom. The van der Waals surface area contributed by atoms with Gasteiger partial charge in [0.05, 0.1) is 4.92 Å². The molecule has 9 heteroatoms. The molecular formula is C19H11ClN4O3S. The zero-order valence-corrected chi connectivity index (χ0v) is 15.7.